The zero-order valence-electron chi connectivity index (χ0n) is 24.9. The number of nitrogens with one attached hydrogen (secondary N) is 1. The van der Waals surface area contributed by atoms with Crippen molar-refractivity contribution >= 4 is 27.5 Å². The van der Waals surface area contributed by atoms with Crippen molar-refractivity contribution in [2.75, 3.05) is 24.1 Å². The molecule has 1 aliphatic rings. The van der Waals surface area contributed by atoms with Gasteiger partial charge in [-0.15, -0.1) is 0 Å². The van der Waals surface area contributed by atoms with Gasteiger partial charge in [-0.25, -0.2) is 12.8 Å². The van der Waals surface area contributed by atoms with E-state index >= 15 is 0 Å². The Balaban J connectivity index is 1.74. The van der Waals surface area contributed by atoms with Crippen LogP contribution < -0.4 is 19.1 Å². The Morgan fingerprint density at radius 2 is 1.65 bits per heavy atom. The molecule has 0 radical (unpaired) electrons. The molecule has 4 rings (SSSR count). The van der Waals surface area contributed by atoms with Gasteiger partial charge >= 0.3 is 0 Å². The number of hydrogen-bond donors (Lipinski definition) is 1. The zero-order valence-corrected chi connectivity index (χ0v) is 25.7. The molecule has 3 aromatic rings. The van der Waals surface area contributed by atoms with E-state index in [9.17, 15) is 22.4 Å². The molecular formula is C32H38FN3O6S. The molecule has 0 saturated carbocycles. The van der Waals surface area contributed by atoms with E-state index in [2.05, 4.69) is 5.32 Å². The van der Waals surface area contributed by atoms with Crippen molar-refractivity contribution in [1.82, 2.24) is 10.2 Å². The van der Waals surface area contributed by atoms with Crippen molar-refractivity contribution in [1.29, 1.82) is 0 Å². The van der Waals surface area contributed by atoms with Gasteiger partial charge in [-0.05, 0) is 68.7 Å². The van der Waals surface area contributed by atoms with Crippen LogP contribution in [0.1, 0.15) is 44.7 Å². The molecule has 0 unspecified atom stereocenters. The summed E-state index contributed by atoms with van der Waals surface area (Å²) >= 11 is 0. The van der Waals surface area contributed by atoms with Gasteiger partial charge in [0.2, 0.25) is 11.8 Å². The maximum absolute atomic E-state index is 14.2. The predicted molar refractivity (Wildman–Crippen MR) is 162 cm³/mol. The fraction of sp³-hybridized carbons (Fsp3) is 0.375. The maximum Gasteiger partial charge on any atom is 0.264 e. The van der Waals surface area contributed by atoms with Gasteiger partial charge in [0.15, 0.2) is 11.5 Å². The number of hydrogen-bond acceptors (Lipinski definition) is 6. The number of carbonyl (C=O) groups is 2. The summed E-state index contributed by atoms with van der Waals surface area (Å²) in [5, 5.41) is 2.96. The van der Waals surface area contributed by atoms with Crippen LogP contribution in [0.25, 0.3) is 0 Å². The van der Waals surface area contributed by atoms with Gasteiger partial charge in [0, 0.05) is 18.7 Å². The Kier molecular flexibility index (Phi) is 10.3. The molecule has 1 heterocycles. The number of sulfonamides is 1. The Labute approximate surface area is 252 Å². The summed E-state index contributed by atoms with van der Waals surface area (Å²) in [6.07, 6.45) is 1.02. The van der Waals surface area contributed by atoms with Crippen molar-refractivity contribution in [3.63, 3.8) is 0 Å². The van der Waals surface area contributed by atoms with Crippen molar-refractivity contribution in [2.45, 2.75) is 64.1 Å². The largest absolute Gasteiger partial charge is 0.486 e. The van der Waals surface area contributed by atoms with Gasteiger partial charge < -0.3 is 19.7 Å². The Hall–Kier alpha value is -4.12. The van der Waals surface area contributed by atoms with Crippen LogP contribution in [0.4, 0.5) is 10.1 Å². The number of fused-ring (bicyclic) bond motifs is 1. The van der Waals surface area contributed by atoms with Gasteiger partial charge in [-0.2, -0.15) is 0 Å². The molecule has 2 atom stereocenters. The molecule has 0 aromatic heterocycles. The van der Waals surface area contributed by atoms with Crippen molar-refractivity contribution in [3.05, 3.63) is 83.7 Å². The number of amides is 2. The quantitative estimate of drug-likeness (QED) is 0.315. The normalized spacial score (nSPS) is 14.0. The fourth-order valence-corrected chi connectivity index (χ4v) is 6.25. The highest BCUT2D eigenvalue weighted by molar-refractivity contribution is 7.92. The first kappa shape index (κ1) is 31.8. The number of nitrogens with zero attached hydrogens (tertiary/aromatic N) is 2. The van der Waals surface area contributed by atoms with Gasteiger partial charge in [-0.3, -0.25) is 13.9 Å². The SMILES string of the molecule is CC[C@@H](C)NC(=O)[C@@H](CC)N(Cc1cccc(C)c1)C(=O)CN(c1ccc(F)cc1)S(=O)(=O)c1ccc2c(c1)OCCO2. The Morgan fingerprint density at radius 1 is 0.953 bits per heavy atom. The van der Waals surface area contributed by atoms with E-state index < -0.39 is 34.3 Å². The summed E-state index contributed by atoms with van der Waals surface area (Å²) in [5.41, 5.74) is 1.87. The van der Waals surface area contributed by atoms with Gasteiger partial charge in [-0.1, -0.05) is 43.7 Å². The highest BCUT2D eigenvalue weighted by atomic mass is 32.2. The van der Waals surface area contributed by atoms with Crippen LogP contribution in [0.15, 0.2) is 71.6 Å². The molecule has 9 nitrogen and oxygen atoms in total. The van der Waals surface area contributed by atoms with E-state index in [0.717, 1.165) is 27.6 Å². The minimum atomic E-state index is -4.36. The number of ether oxygens (including phenoxy) is 2. The van der Waals surface area contributed by atoms with Crippen LogP contribution in [-0.4, -0.2) is 57.0 Å². The highest BCUT2D eigenvalue weighted by Gasteiger charge is 2.34. The van der Waals surface area contributed by atoms with Gasteiger partial charge in [0.1, 0.15) is 31.6 Å². The number of aryl methyl sites for hydroxylation is 1. The lowest BCUT2D eigenvalue weighted by Gasteiger charge is -2.34. The molecule has 11 heteroatoms. The van der Waals surface area contributed by atoms with Gasteiger partial charge in [0.25, 0.3) is 10.0 Å². The molecular weight excluding hydrogens is 573 g/mol. The highest BCUT2D eigenvalue weighted by Crippen LogP contribution is 2.34. The Morgan fingerprint density at radius 3 is 2.30 bits per heavy atom. The summed E-state index contributed by atoms with van der Waals surface area (Å²) in [7, 11) is -4.36. The lowest BCUT2D eigenvalue weighted by Crippen LogP contribution is -2.53. The molecule has 1 aliphatic heterocycles. The van der Waals surface area contributed by atoms with Crippen LogP contribution in [0.3, 0.4) is 0 Å². The first-order valence-electron chi connectivity index (χ1n) is 14.4. The van der Waals surface area contributed by atoms with E-state index in [4.69, 9.17) is 9.47 Å². The van der Waals surface area contributed by atoms with E-state index in [1.54, 1.807) is 6.92 Å². The average molecular weight is 612 g/mol. The van der Waals surface area contributed by atoms with E-state index in [-0.39, 0.29) is 41.4 Å². The third kappa shape index (κ3) is 7.64. The third-order valence-corrected chi connectivity index (χ3v) is 9.09. The molecule has 0 fully saturated rings. The standard InChI is InChI=1S/C32H38FN3O6S/c1-5-23(4)34-32(38)28(6-2)35(20-24-9-7-8-22(3)18-24)31(37)21-36(26-12-10-25(33)11-13-26)43(39,40)27-14-15-29-30(19-27)42-17-16-41-29/h7-15,18-19,23,28H,5-6,16-17,20-21H2,1-4H3,(H,34,38)/t23-,28-/m1/s1. The maximum atomic E-state index is 14.2. The second-order valence-corrected chi connectivity index (χ2v) is 12.4. The number of carbonyl (C=O) groups excluding carboxylic acids is 2. The second kappa shape index (κ2) is 13.9. The van der Waals surface area contributed by atoms with Crippen LogP contribution in [0.2, 0.25) is 0 Å². The number of benzene rings is 3. The van der Waals surface area contributed by atoms with E-state index in [0.29, 0.717) is 25.2 Å². The lowest BCUT2D eigenvalue weighted by molar-refractivity contribution is -0.140. The molecule has 0 aliphatic carbocycles. The minimum Gasteiger partial charge on any atom is -0.486 e. The second-order valence-electron chi connectivity index (χ2n) is 10.5. The summed E-state index contributed by atoms with van der Waals surface area (Å²) in [6.45, 7) is 7.64. The van der Waals surface area contributed by atoms with Gasteiger partial charge in [0.05, 0.1) is 10.6 Å². The van der Waals surface area contributed by atoms with Crippen LogP contribution >= 0.6 is 0 Å². The van der Waals surface area contributed by atoms with Crippen LogP contribution in [0.5, 0.6) is 11.5 Å². The number of halogens is 1. The van der Waals surface area contributed by atoms with Crippen molar-refractivity contribution < 1.29 is 31.9 Å². The summed E-state index contributed by atoms with van der Waals surface area (Å²) in [6, 6.07) is 15.7. The van der Waals surface area contributed by atoms with E-state index in [1.807, 2.05) is 45.0 Å². The molecule has 0 bridgehead atoms. The first-order valence-corrected chi connectivity index (χ1v) is 15.8. The molecule has 0 spiro atoms. The van der Waals surface area contributed by atoms with E-state index in [1.165, 1.54) is 35.2 Å². The molecule has 1 N–H and O–H groups in total. The topological polar surface area (TPSA) is 105 Å². The Bertz CT molecular complexity index is 1550. The summed E-state index contributed by atoms with van der Waals surface area (Å²) in [4.78, 5) is 28.9. The predicted octanol–water partition coefficient (Wildman–Crippen LogP) is 4.82. The first-order chi connectivity index (χ1) is 20.5. The molecule has 0 saturated heterocycles. The average Bonchev–Trinajstić information content (AvgIpc) is 2.99. The van der Waals surface area contributed by atoms with Crippen LogP contribution in [0, 0.1) is 12.7 Å². The monoisotopic (exact) mass is 611 g/mol. The third-order valence-electron chi connectivity index (χ3n) is 7.32. The molecule has 230 valence electrons. The summed E-state index contributed by atoms with van der Waals surface area (Å²) < 4.78 is 54.2. The molecule has 2 amide bonds. The van der Waals surface area contributed by atoms with Crippen molar-refractivity contribution in [2.24, 2.45) is 0 Å². The zero-order chi connectivity index (χ0) is 31.1. The smallest absolute Gasteiger partial charge is 0.264 e. The molecule has 43 heavy (non-hydrogen) atoms. The fourth-order valence-electron chi connectivity index (χ4n) is 4.82. The summed E-state index contributed by atoms with van der Waals surface area (Å²) in [5.74, 6) is -0.775. The van der Waals surface area contributed by atoms with Crippen molar-refractivity contribution in [3.8, 4) is 11.5 Å². The molecule has 3 aromatic carbocycles. The minimum absolute atomic E-state index is 0.0915. The number of rotatable bonds is 12. The number of anilines is 1. The van der Waals surface area contributed by atoms with Crippen LogP contribution in [-0.2, 0) is 26.2 Å². The lowest BCUT2D eigenvalue weighted by atomic mass is 10.1.